The number of nitro benzene ring substituents is 2. The first-order chi connectivity index (χ1) is 19.8. The standard InChI is InChI=1S/C22H19N7O11S2/c23-21-24-12(7-41-21)15(26-40-6-14(30)31)17(32)25-16-18(33)27-8-22(20(34)35,9-42-19(16)27)4-3-10-1-2-11(28(36)37)5-13(10)29(38)39/h1-5,7,16,19H,6,8-9H2,(H2,23,24)(H,25,32)(H,30,31)(H,34,35)/t16?,19-,22?/m1/s1. The van der Waals surface area contributed by atoms with E-state index < -0.39 is 74.1 Å². The lowest BCUT2D eigenvalue weighted by atomic mass is 9.86. The summed E-state index contributed by atoms with van der Waals surface area (Å²) in [7, 11) is 0. The van der Waals surface area contributed by atoms with Gasteiger partial charge in [-0.2, -0.15) is 0 Å². The molecular weight excluding hydrogens is 602 g/mol. The molecule has 2 aromatic rings. The first kappa shape index (κ1) is 29.9. The molecule has 2 fully saturated rings. The van der Waals surface area contributed by atoms with Crippen LogP contribution in [-0.2, 0) is 24.0 Å². The number of nitrogens with zero attached hydrogens (tertiary/aromatic N) is 5. The van der Waals surface area contributed by atoms with Crippen LogP contribution in [0.25, 0.3) is 6.08 Å². The molecule has 1 aromatic heterocycles. The second-order valence-electron chi connectivity index (χ2n) is 8.85. The van der Waals surface area contributed by atoms with Gasteiger partial charge < -0.3 is 31.0 Å². The molecule has 2 saturated heterocycles. The Hall–Kier alpha value is -5.11. The lowest BCUT2D eigenvalue weighted by molar-refractivity contribution is -0.394. The normalized spacial score (nSPS) is 21.8. The van der Waals surface area contributed by atoms with Crippen LogP contribution >= 0.6 is 23.1 Å². The first-order valence-electron chi connectivity index (χ1n) is 11.5. The summed E-state index contributed by atoms with van der Waals surface area (Å²) in [5.41, 5.74) is 2.30. The number of β-lactam (4-membered cyclic amide) rings is 1. The van der Waals surface area contributed by atoms with E-state index in [1.54, 1.807) is 0 Å². The summed E-state index contributed by atoms with van der Waals surface area (Å²) in [6.07, 6.45) is 2.36. The quantitative estimate of drug-likeness (QED) is 0.115. The van der Waals surface area contributed by atoms with Gasteiger partial charge in [0.2, 0.25) is 12.5 Å². The smallest absolute Gasteiger partial charge is 0.344 e. The fourth-order valence-corrected chi connectivity index (χ4v) is 6.11. The van der Waals surface area contributed by atoms with E-state index in [0.717, 1.165) is 41.3 Å². The maximum Gasteiger partial charge on any atom is 0.344 e. The third-order valence-electron chi connectivity index (χ3n) is 6.15. The molecule has 3 atom stereocenters. The minimum atomic E-state index is -1.67. The van der Waals surface area contributed by atoms with E-state index in [1.807, 2.05) is 0 Å². The van der Waals surface area contributed by atoms with Gasteiger partial charge in [0.1, 0.15) is 22.5 Å². The maximum absolute atomic E-state index is 13.0. The molecule has 18 nitrogen and oxygen atoms in total. The minimum absolute atomic E-state index is 0.0179. The van der Waals surface area contributed by atoms with Crippen molar-refractivity contribution in [3.8, 4) is 0 Å². The topological polar surface area (TPSA) is 271 Å². The average molecular weight is 622 g/mol. The second-order valence-corrected chi connectivity index (χ2v) is 10.8. The number of amides is 2. The molecule has 4 rings (SSSR count). The number of aromatic nitrogens is 1. The number of nitrogens with two attached hydrogens (primary N) is 1. The maximum atomic E-state index is 13.0. The molecule has 220 valence electrons. The van der Waals surface area contributed by atoms with E-state index in [0.29, 0.717) is 0 Å². The molecule has 0 saturated carbocycles. The number of aliphatic carboxylic acids is 2. The zero-order chi connectivity index (χ0) is 30.8. The van der Waals surface area contributed by atoms with Crippen molar-refractivity contribution in [2.45, 2.75) is 11.4 Å². The van der Waals surface area contributed by atoms with Crippen molar-refractivity contribution in [2.24, 2.45) is 10.6 Å². The Balaban J connectivity index is 1.51. The lowest BCUT2D eigenvalue weighted by Gasteiger charge is -2.53. The number of hydrogen-bond acceptors (Lipinski definition) is 14. The van der Waals surface area contributed by atoms with E-state index >= 15 is 0 Å². The van der Waals surface area contributed by atoms with Gasteiger partial charge in [-0.05, 0) is 6.07 Å². The summed E-state index contributed by atoms with van der Waals surface area (Å²) < 4.78 is 0. The van der Waals surface area contributed by atoms with Crippen LogP contribution in [0.2, 0.25) is 0 Å². The predicted octanol–water partition coefficient (Wildman–Crippen LogP) is 0.531. The highest BCUT2D eigenvalue weighted by molar-refractivity contribution is 8.00. The van der Waals surface area contributed by atoms with E-state index in [4.69, 9.17) is 10.8 Å². The number of thiazole rings is 1. The number of fused-ring (bicyclic) bond motifs is 1. The number of nitro groups is 2. The second kappa shape index (κ2) is 11.8. The van der Waals surface area contributed by atoms with Crippen LogP contribution in [0.4, 0.5) is 16.5 Å². The van der Waals surface area contributed by atoms with Crippen molar-refractivity contribution < 1.29 is 44.1 Å². The van der Waals surface area contributed by atoms with Gasteiger partial charge in [-0.25, -0.2) is 9.78 Å². The van der Waals surface area contributed by atoms with Gasteiger partial charge in [0.05, 0.1) is 21.5 Å². The van der Waals surface area contributed by atoms with Crippen LogP contribution in [0.5, 0.6) is 0 Å². The Morgan fingerprint density at radius 3 is 2.62 bits per heavy atom. The van der Waals surface area contributed by atoms with E-state index in [1.165, 1.54) is 22.4 Å². The zero-order valence-corrected chi connectivity index (χ0v) is 22.6. The molecule has 20 heteroatoms. The number of oxime groups is 1. The van der Waals surface area contributed by atoms with E-state index in [-0.39, 0.29) is 28.7 Å². The minimum Gasteiger partial charge on any atom is -0.481 e. The molecule has 2 amide bonds. The van der Waals surface area contributed by atoms with Crippen molar-refractivity contribution in [1.29, 1.82) is 0 Å². The SMILES string of the molecule is Nc1nc(C(=NOCC(=O)O)C(=O)NC2C(=O)N3CC(C=Cc4ccc([N+](=O)[O-])cc4[N+](=O)[O-])(C(=O)O)CS[C@H]23)cs1. The summed E-state index contributed by atoms with van der Waals surface area (Å²) in [4.78, 5) is 79.6. The van der Waals surface area contributed by atoms with Crippen LogP contribution in [0, 0.1) is 25.6 Å². The third-order valence-corrected chi connectivity index (χ3v) is 8.37. The molecule has 2 aliphatic heterocycles. The number of carboxylic acids is 2. The van der Waals surface area contributed by atoms with Gasteiger partial charge in [-0.1, -0.05) is 17.3 Å². The van der Waals surface area contributed by atoms with Gasteiger partial charge >= 0.3 is 11.9 Å². The van der Waals surface area contributed by atoms with Crippen LogP contribution in [-0.4, -0.2) is 89.7 Å². The van der Waals surface area contributed by atoms with Crippen molar-refractivity contribution in [3.05, 3.63) is 61.1 Å². The number of carbonyl (C=O) groups is 4. The summed E-state index contributed by atoms with van der Waals surface area (Å²) >= 11 is 2.02. The molecule has 0 bridgehead atoms. The summed E-state index contributed by atoms with van der Waals surface area (Å²) in [6.45, 7) is -1.17. The molecule has 2 unspecified atom stereocenters. The number of benzene rings is 1. The van der Waals surface area contributed by atoms with E-state index in [9.17, 15) is 44.5 Å². The number of hydrogen-bond donors (Lipinski definition) is 4. The van der Waals surface area contributed by atoms with Gasteiger partial charge in [-0.3, -0.25) is 34.6 Å². The molecule has 5 N–H and O–H groups in total. The number of rotatable bonds is 11. The van der Waals surface area contributed by atoms with Crippen molar-refractivity contribution >= 4 is 75.1 Å². The summed E-state index contributed by atoms with van der Waals surface area (Å²) in [5.74, 6) is -4.29. The predicted molar refractivity (Wildman–Crippen MR) is 145 cm³/mol. The zero-order valence-electron chi connectivity index (χ0n) is 20.9. The Labute approximate surface area is 242 Å². The number of non-ortho nitro benzene ring substituents is 1. The number of nitrogens with one attached hydrogen (secondary N) is 1. The number of nitrogen functional groups attached to an aromatic ring is 1. The lowest BCUT2D eigenvalue weighted by Crippen LogP contribution is -2.73. The molecule has 42 heavy (non-hydrogen) atoms. The first-order valence-corrected chi connectivity index (χ1v) is 13.5. The van der Waals surface area contributed by atoms with Crippen molar-refractivity contribution in [3.63, 3.8) is 0 Å². The van der Waals surface area contributed by atoms with E-state index in [2.05, 4.69) is 20.3 Å². The van der Waals surface area contributed by atoms with Gasteiger partial charge in [0.15, 0.2) is 10.8 Å². The molecule has 2 aliphatic rings. The van der Waals surface area contributed by atoms with Gasteiger partial charge in [0.25, 0.3) is 17.3 Å². The summed E-state index contributed by atoms with van der Waals surface area (Å²) in [5, 5.41) is 48.0. The average Bonchev–Trinajstić information content (AvgIpc) is 3.37. The highest BCUT2D eigenvalue weighted by atomic mass is 32.2. The van der Waals surface area contributed by atoms with Crippen LogP contribution in [0.15, 0.2) is 34.8 Å². The van der Waals surface area contributed by atoms with Crippen LogP contribution in [0.1, 0.15) is 11.3 Å². The largest absolute Gasteiger partial charge is 0.481 e. The number of carboxylic acid groups (broad SMARTS) is 2. The Morgan fingerprint density at radius 1 is 1.29 bits per heavy atom. The fraction of sp³-hybridized carbons (Fsp3) is 0.273. The molecule has 3 heterocycles. The fourth-order valence-electron chi connectivity index (χ4n) is 4.05. The summed E-state index contributed by atoms with van der Waals surface area (Å²) in [6, 6.07) is 1.84. The monoisotopic (exact) mass is 621 g/mol. The van der Waals surface area contributed by atoms with Crippen molar-refractivity contribution in [2.75, 3.05) is 24.6 Å². The molecule has 1 aromatic carbocycles. The number of carbonyl (C=O) groups excluding carboxylic acids is 2. The van der Waals surface area contributed by atoms with Crippen molar-refractivity contribution in [1.82, 2.24) is 15.2 Å². The molecule has 0 aliphatic carbocycles. The molecule has 0 spiro atoms. The number of anilines is 1. The van der Waals surface area contributed by atoms with Gasteiger partial charge in [-0.15, -0.1) is 23.1 Å². The Morgan fingerprint density at radius 2 is 2.02 bits per heavy atom. The molecular formula is C22H19N7O11S2. The van der Waals surface area contributed by atoms with Crippen LogP contribution in [0.3, 0.4) is 0 Å². The van der Waals surface area contributed by atoms with Gasteiger partial charge in [0, 0.05) is 23.7 Å². The molecule has 0 radical (unpaired) electrons. The Kier molecular flexibility index (Phi) is 8.38. The highest BCUT2D eigenvalue weighted by Crippen LogP contribution is 2.43. The number of thioether (sulfide) groups is 1. The van der Waals surface area contributed by atoms with Crippen LogP contribution < -0.4 is 11.1 Å². The Bertz CT molecular complexity index is 1560. The third kappa shape index (κ3) is 5.98. The highest BCUT2D eigenvalue weighted by Gasteiger charge is 2.57.